The molecule has 0 aliphatic carbocycles. The van der Waals surface area contributed by atoms with Crippen molar-refractivity contribution in [1.82, 2.24) is 10.2 Å². The Morgan fingerprint density at radius 2 is 2.18 bits per heavy atom. The van der Waals surface area contributed by atoms with E-state index in [4.69, 9.17) is 16.0 Å². The van der Waals surface area contributed by atoms with Gasteiger partial charge < -0.3 is 4.42 Å². The normalized spacial score (nSPS) is 10.6. The molecule has 0 aliphatic heterocycles. The van der Waals surface area contributed by atoms with E-state index in [0.29, 0.717) is 22.2 Å². The molecule has 0 fully saturated rings. The lowest BCUT2D eigenvalue weighted by atomic mass is 10.1. The quantitative estimate of drug-likeness (QED) is 0.785. The molecule has 1 aromatic carbocycles. The van der Waals surface area contributed by atoms with Gasteiger partial charge in [-0.05, 0) is 31.2 Å². The van der Waals surface area contributed by atoms with Crippen molar-refractivity contribution in [2.75, 3.05) is 5.32 Å². The molecule has 3 aromatic rings. The van der Waals surface area contributed by atoms with Crippen molar-refractivity contribution in [3.8, 4) is 0 Å². The number of carbonyl (C=O) groups is 1. The number of nitrogens with zero attached hydrogens (tertiary/aromatic N) is 2. The minimum absolute atomic E-state index is 0.0872. The Morgan fingerprint density at radius 1 is 1.32 bits per heavy atom. The van der Waals surface area contributed by atoms with Crippen molar-refractivity contribution in [3.63, 3.8) is 0 Å². The molecule has 0 saturated heterocycles. The Kier molecular flexibility index (Phi) is 4.22. The fourth-order valence-corrected chi connectivity index (χ4v) is 3.01. The van der Waals surface area contributed by atoms with E-state index in [-0.39, 0.29) is 11.9 Å². The first kappa shape index (κ1) is 14.7. The van der Waals surface area contributed by atoms with E-state index < -0.39 is 0 Å². The number of halogens is 1. The molecular weight excluding hydrogens is 322 g/mol. The zero-order chi connectivity index (χ0) is 15.5. The molecule has 0 radical (unpaired) electrons. The van der Waals surface area contributed by atoms with E-state index in [1.54, 1.807) is 12.1 Å². The van der Waals surface area contributed by atoms with Crippen LogP contribution in [0.4, 0.5) is 6.01 Å². The summed E-state index contributed by atoms with van der Waals surface area (Å²) in [6.07, 6.45) is 0.491. The summed E-state index contributed by atoms with van der Waals surface area (Å²) < 4.78 is 6.14. The molecule has 2 heterocycles. The van der Waals surface area contributed by atoms with Crippen LogP contribution in [0.2, 0.25) is 4.34 Å². The molecule has 0 bridgehead atoms. The molecule has 0 saturated carbocycles. The van der Waals surface area contributed by atoms with Gasteiger partial charge in [0.2, 0.25) is 5.89 Å². The minimum atomic E-state index is -0.280. The number of carbonyl (C=O) groups excluding carboxylic acids is 1. The molecule has 0 aliphatic rings. The Hall–Kier alpha value is -2.18. The van der Waals surface area contributed by atoms with Crippen molar-refractivity contribution < 1.29 is 9.21 Å². The predicted molar refractivity (Wildman–Crippen MR) is 85.6 cm³/mol. The zero-order valence-electron chi connectivity index (χ0n) is 11.7. The first-order valence-corrected chi connectivity index (χ1v) is 7.74. The summed E-state index contributed by atoms with van der Waals surface area (Å²) in [6.45, 7) is 1.92. The molecule has 0 unspecified atom stereocenters. The molecule has 112 valence electrons. The lowest BCUT2D eigenvalue weighted by Crippen LogP contribution is -2.12. The average Bonchev–Trinajstić information content (AvgIpc) is 3.09. The molecule has 1 N–H and O–H groups in total. The fraction of sp³-hybridized carbons (Fsp3) is 0.133. The molecule has 5 nitrogen and oxygen atoms in total. The van der Waals surface area contributed by atoms with Crippen LogP contribution in [0, 0.1) is 6.92 Å². The van der Waals surface area contributed by atoms with Crippen molar-refractivity contribution in [2.45, 2.75) is 13.3 Å². The zero-order valence-corrected chi connectivity index (χ0v) is 13.2. The van der Waals surface area contributed by atoms with E-state index in [1.807, 2.05) is 31.2 Å². The third-order valence-corrected chi connectivity index (χ3v) is 4.15. The van der Waals surface area contributed by atoms with Crippen LogP contribution in [0.15, 0.2) is 40.8 Å². The molecule has 3 rings (SSSR count). The predicted octanol–water partition coefficient (Wildman–Crippen LogP) is 3.94. The second-order valence-corrected chi connectivity index (χ2v) is 6.51. The van der Waals surface area contributed by atoms with Crippen LogP contribution in [-0.4, -0.2) is 16.1 Å². The maximum atomic E-state index is 12.1. The molecule has 0 atom stereocenters. The van der Waals surface area contributed by atoms with E-state index >= 15 is 0 Å². The third kappa shape index (κ3) is 3.52. The number of thiophene rings is 1. The summed E-state index contributed by atoms with van der Waals surface area (Å²) in [5.41, 5.74) is 1.55. The monoisotopic (exact) mass is 333 g/mol. The summed E-state index contributed by atoms with van der Waals surface area (Å²) in [6, 6.07) is 11.1. The van der Waals surface area contributed by atoms with Crippen LogP contribution in [0.1, 0.15) is 26.7 Å². The highest BCUT2D eigenvalue weighted by molar-refractivity contribution is 7.16. The number of nitrogens with one attached hydrogen (secondary N) is 1. The van der Waals surface area contributed by atoms with Gasteiger partial charge in [-0.15, -0.1) is 16.4 Å². The first-order valence-electron chi connectivity index (χ1n) is 6.55. The number of hydrogen-bond acceptors (Lipinski definition) is 5. The van der Waals surface area contributed by atoms with Gasteiger partial charge in [-0.25, -0.2) is 0 Å². The molecule has 1 amide bonds. The highest BCUT2D eigenvalue weighted by Crippen LogP contribution is 2.23. The van der Waals surface area contributed by atoms with Gasteiger partial charge in [-0.1, -0.05) is 34.4 Å². The van der Waals surface area contributed by atoms with Crippen molar-refractivity contribution in [2.24, 2.45) is 0 Å². The number of amides is 1. The van der Waals surface area contributed by atoms with Crippen LogP contribution in [0.3, 0.4) is 0 Å². The summed E-state index contributed by atoms with van der Waals surface area (Å²) in [4.78, 5) is 13.1. The van der Waals surface area contributed by atoms with Gasteiger partial charge in [0.15, 0.2) is 0 Å². The van der Waals surface area contributed by atoms with Crippen LogP contribution >= 0.6 is 22.9 Å². The van der Waals surface area contributed by atoms with Gasteiger partial charge in [0.05, 0.1) is 10.8 Å². The maximum Gasteiger partial charge on any atom is 0.322 e. The topological polar surface area (TPSA) is 68.0 Å². The first-order chi connectivity index (χ1) is 10.6. The summed E-state index contributed by atoms with van der Waals surface area (Å²) in [5.74, 6) is 0.149. The largest absolute Gasteiger partial charge is 0.407 e. The van der Waals surface area contributed by atoms with E-state index in [9.17, 15) is 4.79 Å². The van der Waals surface area contributed by atoms with Gasteiger partial charge in [0.1, 0.15) is 0 Å². The highest BCUT2D eigenvalue weighted by Gasteiger charge is 2.12. The summed E-state index contributed by atoms with van der Waals surface area (Å²) >= 11 is 7.33. The maximum absolute atomic E-state index is 12.1. The van der Waals surface area contributed by atoms with Crippen molar-refractivity contribution >= 4 is 34.9 Å². The molecule has 22 heavy (non-hydrogen) atoms. The highest BCUT2D eigenvalue weighted by atomic mass is 35.5. The number of aryl methyl sites for hydroxylation is 1. The fourth-order valence-electron chi connectivity index (χ4n) is 1.93. The van der Waals surface area contributed by atoms with Crippen molar-refractivity contribution in [3.05, 3.63) is 62.6 Å². The molecular formula is C15H12ClN3O2S. The average molecular weight is 334 g/mol. The standard InChI is InChI=1S/C15H12ClN3O2S/c1-9-3-2-4-10(7-9)14(20)17-15-19-18-13(21-15)8-11-5-6-12(16)22-11/h2-7H,8H2,1H3,(H,17,19,20). The Labute approximate surface area is 135 Å². The van der Waals surface area contributed by atoms with Gasteiger partial charge in [-0.2, -0.15) is 0 Å². The van der Waals surface area contributed by atoms with Crippen LogP contribution < -0.4 is 5.32 Å². The van der Waals surface area contributed by atoms with Gasteiger partial charge >= 0.3 is 6.01 Å². The number of rotatable bonds is 4. The SMILES string of the molecule is Cc1cccc(C(=O)Nc2nnc(Cc3ccc(Cl)s3)o2)c1. The van der Waals surface area contributed by atoms with Crippen LogP contribution in [0.5, 0.6) is 0 Å². The second kappa shape index (κ2) is 6.29. The third-order valence-electron chi connectivity index (χ3n) is 2.92. The summed E-state index contributed by atoms with van der Waals surface area (Å²) in [5, 5.41) is 10.3. The molecule has 2 aromatic heterocycles. The lowest BCUT2D eigenvalue weighted by molar-refractivity contribution is 0.102. The van der Waals surface area contributed by atoms with Gasteiger partial charge in [0, 0.05) is 10.4 Å². The van der Waals surface area contributed by atoms with Gasteiger partial charge in [-0.3, -0.25) is 10.1 Å². The Morgan fingerprint density at radius 3 is 2.91 bits per heavy atom. The Balaban J connectivity index is 1.67. The van der Waals surface area contributed by atoms with E-state index in [1.165, 1.54) is 11.3 Å². The summed E-state index contributed by atoms with van der Waals surface area (Å²) in [7, 11) is 0. The number of anilines is 1. The Bertz CT molecular complexity index is 812. The lowest BCUT2D eigenvalue weighted by Gasteiger charge is -2.01. The smallest absolute Gasteiger partial charge is 0.322 e. The molecule has 0 spiro atoms. The van der Waals surface area contributed by atoms with Crippen LogP contribution in [0.25, 0.3) is 0 Å². The van der Waals surface area contributed by atoms with Gasteiger partial charge in [0.25, 0.3) is 5.91 Å². The number of hydrogen-bond donors (Lipinski definition) is 1. The minimum Gasteiger partial charge on any atom is -0.407 e. The molecule has 7 heteroatoms. The van der Waals surface area contributed by atoms with Crippen molar-refractivity contribution in [1.29, 1.82) is 0 Å². The van der Waals surface area contributed by atoms with Crippen LogP contribution in [-0.2, 0) is 6.42 Å². The number of benzene rings is 1. The second-order valence-electron chi connectivity index (χ2n) is 4.71. The van der Waals surface area contributed by atoms with E-state index in [2.05, 4.69) is 15.5 Å². The van der Waals surface area contributed by atoms with E-state index in [0.717, 1.165) is 10.4 Å². The number of aromatic nitrogens is 2.